The topological polar surface area (TPSA) is 93.5 Å². The van der Waals surface area contributed by atoms with Gasteiger partial charge >= 0.3 is 6.61 Å². The van der Waals surface area contributed by atoms with E-state index in [1.54, 1.807) is 0 Å². The number of nitrogens with one attached hydrogen (secondary N) is 2. The fourth-order valence-corrected chi connectivity index (χ4v) is 1.21. The first-order valence-electron chi connectivity index (χ1n) is 5.32. The van der Waals surface area contributed by atoms with Crippen LogP contribution in [0.15, 0.2) is 24.3 Å². The zero-order valence-corrected chi connectivity index (χ0v) is 11.1. The molecule has 1 rings (SSSR count). The third-order valence-electron chi connectivity index (χ3n) is 1.97. The van der Waals surface area contributed by atoms with Crippen molar-refractivity contribution in [1.29, 1.82) is 0 Å². The van der Waals surface area contributed by atoms with Crippen LogP contribution in [0.25, 0.3) is 0 Å². The van der Waals surface area contributed by atoms with E-state index in [0.717, 1.165) is 0 Å². The number of hydrogen-bond acceptors (Lipinski definition) is 4. The van der Waals surface area contributed by atoms with Gasteiger partial charge < -0.3 is 21.1 Å². The van der Waals surface area contributed by atoms with E-state index >= 15 is 0 Å². The minimum atomic E-state index is -2.94. The van der Waals surface area contributed by atoms with Crippen molar-refractivity contribution in [2.75, 3.05) is 18.4 Å². The Hall–Kier alpha value is -1.93. The van der Waals surface area contributed by atoms with E-state index in [1.807, 2.05) is 0 Å². The van der Waals surface area contributed by atoms with Gasteiger partial charge in [0.25, 0.3) is 0 Å². The Morgan fingerprint density at radius 3 is 2.60 bits per heavy atom. The zero-order chi connectivity index (χ0) is 14.3. The normalized spacial score (nSPS) is 9.60. The number of amides is 2. The largest absolute Gasteiger partial charge is 0.435 e. The molecule has 20 heavy (non-hydrogen) atoms. The first-order chi connectivity index (χ1) is 9.01. The molecule has 0 spiro atoms. The molecular formula is C11H14ClF2N3O3. The molecule has 2 amide bonds. The molecule has 0 aliphatic rings. The Morgan fingerprint density at radius 2 is 2.00 bits per heavy atom. The lowest BCUT2D eigenvalue weighted by Gasteiger charge is -2.08. The van der Waals surface area contributed by atoms with Crippen molar-refractivity contribution in [3.8, 4) is 5.75 Å². The monoisotopic (exact) mass is 309 g/mol. The van der Waals surface area contributed by atoms with Crippen molar-refractivity contribution in [1.82, 2.24) is 5.32 Å². The average molecular weight is 310 g/mol. The number of benzene rings is 1. The maximum atomic E-state index is 12.0. The number of alkyl halides is 2. The number of ether oxygens (including phenoxy) is 1. The first-order valence-corrected chi connectivity index (χ1v) is 5.32. The number of rotatable bonds is 6. The van der Waals surface area contributed by atoms with Gasteiger partial charge in [-0.2, -0.15) is 8.78 Å². The molecule has 0 fully saturated rings. The summed E-state index contributed by atoms with van der Waals surface area (Å²) < 4.78 is 28.2. The molecule has 112 valence electrons. The zero-order valence-electron chi connectivity index (χ0n) is 10.3. The lowest BCUT2D eigenvalue weighted by molar-refractivity contribution is -0.123. The summed E-state index contributed by atoms with van der Waals surface area (Å²) in [5, 5.41) is 4.69. The number of halogens is 3. The van der Waals surface area contributed by atoms with E-state index in [1.165, 1.54) is 24.3 Å². The van der Waals surface area contributed by atoms with Gasteiger partial charge in [-0.25, -0.2) is 0 Å². The van der Waals surface area contributed by atoms with E-state index in [-0.39, 0.29) is 36.9 Å². The van der Waals surface area contributed by atoms with Crippen molar-refractivity contribution in [2.45, 2.75) is 6.61 Å². The van der Waals surface area contributed by atoms with E-state index in [4.69, 9.17) is 5.73 Å². The highest BCUT2D eigenvalue weighted by Crippen LogP contribution is 2.19. The van der Waals surface area contributed by atoms with Crippen LogP contribution in [0.1, 0.15) is 0 Å². The molecule has 6 nitrogen and oxygen atoms in total. The standard InChI is InChI=1S/C11H13F2N3O3.ClH/c12-11(13)19-8-3-1-2-7(4-8)16-10(18)6-15-9(17)5-14;/h1-4,11H,5-6,14H2,(H,15,17)(H,16,18);1H. The maximum absolute atomic E-state index is 12.0. The summed E-state index contributed by atoms with van der Waals surface area (Å²) in [5.74, 6) is -1.04. The Labute approximate surface area is 120 Å². The second-order valence-electron chi connectivity index (χ2n) is 3.44. The number of hydrogen-bond donors (Lipinski definition) is 3. The average Bonchev–Trinajstić information content (AvgIpc) is 2.35. The summed E-state index contributed by atoms with van der Waals surface area (Å²) in [5.41, 5.74) is 5.33. The SMILES string of the molecule is Cl.NCC(=O)NCC(=O)Nc1cccc(OC(F)F)c1. The lowest BCUT2D eigenvalue weighted by atomic mass is 10.3. The van der Waals surface area contributed by atoms with E-state index in [0.29, 0.717) is 0 Å². The van der Waals surface area contributed by atoms with Crippen molar-refractivity contribution in [3.05, 3.63) is 24.3 Å². The molecule has 0 radical (unpaired) electrons. The highest BCUT2D eigenvalue weighted by molar-refractivity contribution is 5.94. The summed E-state index contributed by atoms with van der Waals surface area (Å²) in [6.45, 7) is -3.41. The van der Waals surface area contributed by atoms with Gasteiger partial charge in [0.1, 0.15) is 5.75 Å². The lowest BCUT2D eigenvalue weighted by Crippen LogP contribution is -2.36. The summed E-state index contributed by atoms with van der Waals surface area (Å²) in [6, 6.07) is 5.53. The van der Waals surface area contributed by atoms with E-state index in [2.05, 4.69) is 15.4 Å². The van der Waals surface area contributed by atoms with Crippen LogP contribution in [0.4, 0.5) is 14.5 Å². The van der Waals surface area contributed by atoms with Crippen LogP contribution in [0.5, 0.6) is 5.75 Å². The predicted molar refractivity (Wildman–Crippen MR) is 71.0 cm³/mol. The van der Waals surface area contributed by atoms with Crippen LogP contribution in [0.2, 0.25) is 0 Å². The van der Waals surface area contributed by atoms with Crippen molar-refractivity contribution < 1.29 is 23.1 Å². The second kappa shape index (κ2) is 9.05. The number of carbonyl (C=O) groups is 2. The molecule has 0 atom stereocenters. The molecule has 0 unspecified atom stereocenters. The van der Waals surface area contributed by atoms with Crippen LogP contribution in [-0.4, -0.2) is 31.5 Å². The molecule has 0 heterocycles. The molecule has 1 aromatic rings. The van der Waals surface area contributed by atoms with E-state index < -0.39 is 18.4 Å². The van der Waals surface area contributed by atoms with Gasteiger partial charge in [-0.1, -0.05) is 6.07 Å². The molecular weight excluding hydrogens is 296 g/mol. The molecule has 1 aromatic carbocycles. The van der Waals surface area contributed by atoms with Crippen molar-refractivity contribution in [2.24, 2.45) is 5.73 Å². The smallest absolute Gasteiger partial charge is 0.387 e. The first kappa shape index (κ1) is 18.1. The molecule has 0 aromatic heterocycles. The summed E-state index contributed by atoms with van der Waals surface area (Å²) in [6.07, 6.45) is 0. The third kappa shape index (κ3) is 6.86. The fourth-order valence-electron chi connectivity index (χ4n) is 1.21. The molecule has 0 aliphatic heterocycles. The molecule has 9 heteroatoms. The third-order valence-corrected chi connectivity index (χ3v) is 1.97. The highest BCUT2D eigenvalue weighted by Gasteiger charge is 2.07. The van der Waals surface area contributed by atoms with Crippen LogP contribution in [0.3, 0.4) is 0 Å². The molecule has 0 saturated heterocycles. The fraction of sp³-hybridized carbons (Fsp3) is 0.273. The number of anilines is 1. The Morgan fingerprint density at radius 1 is 1.30 bits per heavy atom. The Bertz CT molecular complexity index is 460. The van der Waals surface area contributed by atoms with Gasteiger partial charge in [-0.15, -0.1) is 12.4 Å². The van der Waals surface area contributed by atoms with Gasteiger partial charge in [0, 0.05) is 11.8 Å². The van der Waals surface area contributed by atoms with Gasteiger partial charge in [0.15, 0.2) is 0 Å². The molecule has 0 aliphatic carbocycles. The number of nitrogens with two attached hydrogens (primary N) is 1. The maximum Gasteiger partial charge on any atom is 0.387 e. The van der Waals surface area contributed by atoms with Gasteiger partial charge in [-0.3, -0.25) is 9.59 Å². The van der Waals surface area contributed by atoms with Crippen LogP contribution in [-0.2, 0) is 9.59 Å². The van der Waals surface area contributed by atoms with Crippen LogP contribution >= 0.6 is 12.4 Å². The molecule has 0 saturated carbocycles. The van der Waals surface area contributed by atoms with Crippen LogP contribution in [0, 0.1) is 0 Å². The quantitative estimate of drug-likeness (QED) is 0.722. The van der Waals surface area contributed by atoms with Gasteiger partial charge in [-0.05, 0) is 12.1 Å². The van der Waals surface area contributed by atoms with Crippen molar-refractivity contribution in [3.63, 3.8) is 0 Å². The minimum Gasteiger partial charge on any atom is -0.435 e. The van der Waals surface area contributed by atoms with Gasteiger partial charge in [0.2, 0.25) is 11.8 Å². The predicted octanol–water partition coefficient (Wildman–Crippen LogP) is 0.723. The number of carbonyl (C=O) groups excluding carboxylic acids is 2. The molecule has 4 N–H and O–H groups in total. The Balaban J connectivity index is 0.00000361. The minimum absolute atomic E-state index is 0. The van der Waals surface area contributed by atoms with Crippen molar-refractivity contribution >= 4 is 29.9 Å². The second-order valence-corrected chi connectivity index (χ2v) is 3.44. The van der Waals surface area contributed by atoms with Gasteiger partial charge in [0.05, 0.1) is 13.1 Å². The molecule has 0 bridgehead atoms. The highest BCUT2D eigenvalue weighted by atomic mass is 35.5. The summed E-state index contributed by atoms with van der Waals surface area (Å²) in [4.78, 5) is 22.2. The van der Waals surface area contributed by atoms with Crippen LogP contribution < -0.4 is 21.1 Å². The van der Waals surface area contributed by atoms with E-state index in [9.17, 15) is 18.4 Å². The summed E-state index contributed by atoms with van der Waals surface area (Å²) >= 11 is 0. The summed E-state index contributed by atoms with van der Waals surface area (Å²) in [7, 11) is 0. The Kier molecular flexibility index (Phi) is 8.18.